The number of amides is 1. The van der Waals surface area contributed by atoms with Crippen LogP contribution in [0.1, 0.15) is 12.5 Å². The van der Waals surface area contributed by atoms with Gasteiger partial charge in [0.1, 0.15) is 5.75 Å². The van der Waals surface area contributed by atoms with Gasteiger partial charge in [0.25, 0.3) is 5.91 Å². The summed E-state index contributed by atoms with van der Waals surface area (Å²) in [6.45, 7) is 3.33. The molecule has 9 heteroatoms. The second-order valence-corrected chi connectivity index (χ2v) is 7.84. The normalized spacial score (nSPS) is 12.7. The van der Waals surface area contributed by atoms with Crippen LogP contribution < -0.4 is 10.1 Å². The van der Waals surface area contributed by atoms with Gasteiger partial charge in [0.2, 0.25) is 9.84 Å². The summed E-state index contributed by atoms with van der Waals surface area (Å²) in [6, 6.07) is 9.45. The van der Waals surface area contributed by atoms with Gasteiger partial charge in [0.15, 0.2) is 6.10 Å². The van der Waals surface area contributed by atoms with Crippen molar-refractivity contribution in [3.05, 3.63) is 53.1 Å². The van der Waals surface area contributed by atoms with E-state index in [1.165, 1.54) is 12.1 Å². The number of sulfone groups is 1. The van der Waals surface area contributed by atoms with Crippen molar-refractivity contribution in [1.82, 2.24) is 0 Å². The highest BCUT2D eigenvalue weighted by Crippen LogP contribution is 2.24. The van der Waals surface area contributed by atoms with Crippen LogP contribution in [0.15, 0.2) is 47.4 Å². The van der Waals surface area contributed by atoms with E-state index < -0.39 is 32.5 Å². The molecule has 0 saturated heterocycles. The van der Waals surface area contributed by atoms with Gasteiger partial charge in [-0.3, -0.25) is 4.79 Å². The molecule has 1 N–H and O–H groups in total. The molecule has 0 bridgehead atoms. The largest absolute Gasteiger partial charge is 0.481 e. The molecule has 0 aromatic heterocycles. The van der Waals surface area contributed by atoms with Crippen LogP contribution in [-0.2, 0) is 14.6 Å². The molecule has 1 atom stereocenters. The number of carbonyl (C=O) groups is 1. The zero-order valence-corrected chi connectivity index (χ0v) is 15.4. The topological polar surface area (TPSA) is 72.5 Å². The Balaban J connectivity index is 2.05. The van der Waals surface area contributed by atoms with Crippen molar-refractivity contribution < 1.29 is 26.7 Å². The van der Waals surface area contributed by atoms with E-state index in [4.69, 9.17) is 16.3 Å². The van der Waals surface area contributed by atoms with Gasteiger partial charge >= 0.3 is 5.76 Å². The average Bonchev–Trinajstić information content (AvgIpc) is 2.57. The van der Waals surface area contributed by atoms with Gasteiger partial charge < -0.3 is 10.1 Å². The molecular weight excluding hydrogens is 388 g/mol. The zero-order valence-electron chi connectivity index (χ0n) is 13.9. The third-order valence-corrected chi connectivity index (χ3v) is 5.13. The highest BCUT2D eigenvalue weighted by Gasteiger charge is 2.26. The smallest absolute Gasteiger partial charge is 0.341 e. The quantitative estimate of drug-likeness (QED) is 0.789. The minimum atomic E-state index is -4.67. The van der Waals surface area contributed by atoms with Crippen LogP contribution >= 0.6 is 11.6 Å². The van der Waals surface area contributed by atoms with Crippen LogP contribution in [0.4, 0.5) is 14.5 Å². The Kier molecular flexibility index (Phi) is 6.20. The van der Waals surface area contributed by atoms with Crippen LogP contribution in [0.3, 0.4) is 0 Å². The van der Waals surface area contributed by atoms with E-state index in [0.29, 0.717) is 10.8 Å². The summed E-state index contributed by atoms with van der Waals surface area (Å²) in [5, 5.41) is 3.08. The molecule has 0 aliphatic carbocycles. The monoisotopic (exact) mass is 403 g/mol. The average molecular weight is 404 g/mol. The summed E-state index contributed by atoms with van der Waals surface area (Å²) in [5.41, 5.74) is 1.02. The molecule has 0 spiro atoms. The number of carbonyl (C=O) groups excluding carboxylic acids is 1. The third-order valence-electron chi connectivity index (χ3n) is 3.49. The van der Waals surface area contributed by atoms with Gasteiger partial charge in [-0.2, -0.15) is 8.78 Å². The number of halogens is 3. The number of hydrogen-bond acceptors (Lipinski definition) is 4. The molecule has 0 saturated carbocycles. The summed E-state index contributed by atoms with van der Waals surface area (Å²) in [7, 11) is -4.67. The van der Waals surface area contributed by atoms with Crippen molar-refractivity contribution in [2.24, 2.45) is 0 Å². The summed E-state index contributed by atoms with van der Waals surface area (Å²) in [5.74, 6) is -3.49. The molecule has 140 valence electrons. The van der Waals surface area contributed by atoms with Crippen molar-refractivity contribution in [3.8, 4) is 5.75 Å². The Hall–Kier alpha value is -2.19. The van der Waals surface area contributed by atoms with Gasteiger partial charge in [-0.05, 0) is 61.9 Å². The van der Waals surface area contributed by atoms with E-state index in [-0.39, 0.29) is 5.69 Å². The molecule has 0 fully saturated rings. The van der Waals surface area contributed by atoms with Crippen LogP contribution in [0.25, 0.3) is 0 Å². The molecule has 0 unspecified atom stereocenters. The summed E-state index contributed by atoms with van der Waals surface area (Å²) in [6.07, 6.45) is -0.848. The standard InChI is InChI=1S/C17H16ClF2NO4S/c1-10-9-12(18)3-8-15(10)25-11(2)16(22)21-13-4-6-14(7-5-13)26(23,24)17(19)20/h3-9,11,17H,1-2H3,(H,21,22)/t11-/m0/s1. The second-order valence-electron chi connectivity index (χ2n) is 5.49. The van der Waals surface area contributed by atoms with Crippen LogP contribution in [-0.4, -0.2) is 26.2 Å². The van der Waals surface area contributed by atoms with E-state index >= 15 is 0 Å². The van der Waals surface area contributed by atoms with Gasteiger partial charge in [0.05, 0.1) is 4.90 Å². The van der Waals surface area contributed by atoms with Crippen LogP contribution in [0.5, 0.6) is 5.75 Å². The molecule has 1 amide bonds. The molecule has 2 aromatic rings. The van der Waals surface area contributed by atoms with Crippen molar-refractivity contribution in [2.45, 2.75) is 30.6 Å². The lowest BCUT2D eigenvalue weighted by Crippen LogP contribution is -2.30. The number of alkyl halides is 2. The Morgan fingerprint density at radius 2 is 1.77 bits per heavy atom. The van der Waals surface area contributed by atoms with E-state index in [0.717, 1.165) is 17.7 Å². The maximum Gasteiger partial charge on any atom is 0.341 e. The molecule has 0 radical (unpaired) electrons. The number of nitrogens with one attached hydrogen (secondary N) is 1. The van der Waals surface area contributed by atoms with Crippen molar-refractivity contribution in [1.29, 1.82) is 0 Å². The third kappa shape index (κ3) is 4.70. The molecule has 2 aromatic carbocycles. The molecule has 0 heterocycles. The molecule has 2 rings (SSSR count). The minimum Gasteiger partial charge on any atom is -0.481 e. The first-order chi connectivity index (χ1) is 12.1. The molecule has 5 nitrogen and oxygen atoms in total. The van der Waals surface area contributed by atoms with Gasteiger partial charge in [0, 0.05) is 10.7 Å². The zero-order chi connectivity index (χ0) is 19.5. The molecule has 26 heavy (non-hydrogen) atoms. The highest BCUT2D eigenvalue weighted by molar-refractivity contribution is 7.91. The fraction of sp³-hybridized carbons (Fsp3) is 0.235. The first-order valence-electron chi connectivity index (χ1n) is 7.47. The second kappa shape index (κ2) is 8.01. The van der Waals surface area contributed by atoms with Crippen molar-refractivity contribution in [3.63, 3.8) is 0 Å². The number of benzene rings is 2. The van der Waals surface area contributed by atoms with Crippen LogP contribution in [0, 0.1) is 6.92 Å². The predicted octanol–water partition coefficient (Wildman–Crippen LogP) is 4.05. The number of anilines is 1. The summed E-state index contributed by atoms with van der Waals surface area (Å²) < 4.78 is 53.3. The van der Waals surface area contributed by atoms with Crippen molar-refractivity contribution >= 4 is 33.0 Å². The first kappa shape index (κ1) is 20.1. The maximum atomic E-state index is 12.5. The van der Waals surface area contributed by atoms with Gasteiger partial charge in [-0.25, -0.2) is 8.42 Å². The fourth-order valence-corrected chi connectivity index (χ4v) is 3.01. The molecular formula is C17H16ClF2NO4S. The van der Waals surface area contributed by atoms with Crippen LogP contribution in [0.2, 0.25) is 5.02 Å². The minimum absolute atomic E-state index is 0.256. The lowest BCUT2D eigenvalue weighted by molar-refractivity contribution is -0.122. The summed E-state index contributed by atoms with van der Waals surface area (Å²) >= 11 is 5.86. The van der Waals surface area contributed by atoms with E-state index in [1.54, 1.807) is 32.0 Å². The van der Waals surface area contributed by atoms with Gasteiger partial charge in [-0.15, -0.1) is 0 Å². The predicted molar refractivity (Wildman–Crippen MR) is 94.5 cm³/mol. The lowest BCUT2D eigenvalue weighted by atomic mass is 10.2. The SMILES string of the molecule is Cc1cc(Cl)ccc1O[C@@H](C)C(=O)Nc1ccc(S(=O)(=O)C(F)F)cc1. The maximum absolute atomic E-state index is 12.5. The Morgan fingerprint density at radius 3 is 2.31 bits per heavy atom. The van der Waals surface area contributed by atoms with Gasteiger partial charge in [-0.1, -0.05) is 11.6 Å². The Labute approximate surface area is 154 Å². The lowest BCUT2D eigenvalue weighted by Gasteiger charge is -2.16. The molecule has 0 aliphatic rings. The number of ether oxygens (including phenoxy) is 1. The first-order valence-corrected chi connectivity index (χ1v) is 9.39. The van der Waals surface area contributed by atoms with Crippen molar-refractivity contribution in [2.75, 3.05) is 5.32 Å². The highest BCUT2D eigenvalue weighted by atomic mass is 35.5. The number of hydrogen-bond donors (Lipinski definition) is 1. The van der Waals surface area contributed by atoms with E-state index in [2.05, 4.69) is 5.32 Å². The summed E-state index contributed by atoms with van der Waals surface area (Å²) in [4.78, 5) is 11.7. The Morgan fingerprint density at radius 1 is 1.15 bits per heavy atom. The van der Waals surface area contributed by atoms with E-state index in [1.807, 2.05) is 0 Å². The Bertz CT molecular complexity index is 901. The number of rotatable bonds is 6. The molecule has 0 aliphatic heterocycles. The van der Waals surface area contributed by atoms with E-state index in [9.17, 15) is 22.0 Å². The fourth-order valence-electron chi connectivity index (χ4n) is 2.06. The number of aryl methyl sites for hydroxylation is 1.